The second-order valence-electron chi connectivity index (χ2n) is 4.80. The van der Waals surface area contributed by atoms with E-state index in [1.165, 1.54) is 6.20 Å². The number of methoxy groups -OCH3 is 1. The van der Waals surface area contributed by atoms with Crippen molar-refractivity contribution in [3.63, 3.8) is 0 Å². The van der Waals surface area contributed by atoms with Crippen LogP contribution in [0.2, 0.25) is 0 Å². The highest BCUT2D eigenvalue weighted by molar-refractivity contribution is 5.97. The van der Waals surface area contributed by atoms with Crippen molar-refractivity contribution in [3.8, 4) is 11.8 Å². The molecule has 2 amide bonds. The number of alkyl carbamates (subject to hydrolysis) is 1. The van der Waals surface area contributed by atoms with Crippen molar-refractivity contribution in [1.29, 1.82) is 5.26 Å². The number of hydrogen-bond donors (Lipinski definition) is 3. The fraction of sp³-hybridized carbons (Fsp3) is 0.353. The zero-order valence-corrected chi connectivity index (χ0v) is 14.3. The number of amides is 2. The third-order valence-corrected chi connectivity index (χ3v) is 3.04. The Morgan fingerprint density at radius 2 is 1.92 bits per heavy atom. The van der Waals surface area contributed by atoms with E-state index in [1.807, 2.05) is 18.2 Å². The minimum Gasteiger partial charge on any atom is -0.497 e. The van der Waals surface area contributed by atoms with Crippen LogP contribution in [0.25, 0.3) is 0 Å². The first-order valence-electron chi connectivity index (χ1n) is 7.76. The van der Waals surface area contributed by atoms with Gasteiger partial charge in [0.1, 0.15) is 17.4 Å². The zero-order chi connectivity index (χ0) is 18.5. The van der Waals surface area contributed by atoms with E-state index in [-0.39, 0.29) is 5.57 Å². The highest BCUT2D eigenvalue weighted by Gasteiger charge is 2.08. The Kier molecular flexibility index (Phi) is 9.00. The molecule has 0 aliphatic rings. The maximum Gasteiger partial charge on any atom is 0.407 e. The van der Waals surface area contributed by atoms with Gasteiger partial charge in [0.15, 0.2) is 0 Å². The molecule has 8 heteroatoms. The monoisotopic (exact) mass is 346 g/mol. The van der Waals surface area contributed by atoms with Crippen LogP contribution in [0.1, 0.15) is 12.5 Å². The van der Waals surface area contributed by atoms with Crippen LogP contribution < -0.4 is 20.7 Å². The molecule has 0 saturated carbocycles. The van der Waals surface area contributed by atoms with Gasteiger partial charge in [0, 0.05) is 25.8 Å². The predicted octanol–water partition coefficient (Wildman–Crippen LogP) is 1.05. The standard InChI is InChI=1S/C17H22N4O4/c1-3-25-17(23)20-9-8-19-12-14(10-18)16(22)21-11-13-4-6-15(24-2)7-5-13/h4-7,12,19H,3,8-9,11H2,1-2H3,(H,20,23)(H,21,22)/b14-12-. The molecule has 0 saturated heterocycles. The Morgan fingerprint density at radius 1 is 1.20 bits per heavy atom. The van der Waals surface area contributed by atoms with Crippen LogP contribution in [-0.4, -0.2) is 38.8 Å². The normalized spacial score (nSPS) is 10.4. The SMILES string of the molecule is CCOC(=O)NCCN/C=C(/C#N)C(=O)NCc1ccc(OC)cc1. The molecule has 8 nitrogen and oxygen atoms in total. The van der Waals surface area contributed by atoms with Crippen molar-refractivity contribution in [2.45, 2.75) is 13.5 Å². The molecule has 0 fully saturated rings. The third-order valence-electron chi connectivity index (χ3n) is 3.04. The Balaban J connectivity index is 2.37. The summed E-state index contributed by atoms with van der Waals surface area (Å²) in [7, 11) is 1.58. The lowest BCUT2D eigenvalue weighted by Gasteiger charge is -2.07. The number of nitriles is 1. The molecule has 0 aliphatic carbocycles. The summed E-state index contributed by atoms with van der Waals surface area (Å²) in [4.78, 5) is 23.0. The van der Waals surface area contributed by atoms with Crippen LogP contribution in [0.15, 0.2) is 36.0 Å². The second-order valence-corrected chi connectivity index (χ2v) is 4.80. The van der Waals surface area contributed by atoms with Crippen LogP contribution >= 0.6 is 0 Å². The fourth-order valence-corrected chi connectivity index (χ4v) is 1.76. The summed E-state index contributed by atoms with van der Waals surface area (Å²) in [5, 5.41) is 17.0. The Morgan fingerprint density at radius 3 is 2.52 bits per heavy atom. The predicted molar refractivity (Wildman–Crippen MR) is 91.6 cm³/mol. The van der Waals surface area contributed by atoms with Crippen molar-refractivity contribution in [1.82, 2.24) is 16.0 Å². The van der Waals surface area contributed by atoms with Gasteiger partial charge in [-0.05, 0) is 24.6 Å². The second kappa shape index (κ2) is 11.3. The summed E-state index contributed by atoms with van der Waals surface area (Å²) in [6, 6.07) is 9.07. The van der Waals surface area contributed by atoms with E-state index in [2.05, 4.69) is 16.0 Å². The van der Waals surface area contributed by atoms with Gasteiger partial charge in [0.05, 0.1) is 13.7 Å². The van der Waals surface area contributed by atoms with E-state index >= 15 is 0 Å². The first kappa shape index (κ1) is 19.8. The maximum atomic E-state index is 12.0. The smallest absolute Gasteiger partial charge is 0.407 e. The number of carbonyl (C=O) groups is 2. The summed E-state index contributed by atoms with van der Waals surface area (Å²) >= 11 is 0. The van der Waals surface area contributed by atoms with E-state index in [0.717, 1.165) is 11.3 Å². The number of rotatable bonds is 9. The minimum atomic E-state index is -0.508. The quantitative estimate of drug-likeness (QED) is 0.350. The summed E-state index contributed by atoms with van der Waals surface area (Å²) in [5.74, 6) is 0.248. The van der Waals surface area contributed by atoms with Gasteiger partial charge in [-0.2, -0.15) is 5.26 Å². The van der Waals surface area contributed by atoms with Crippen molar-refractivity contribution in [2.24, 2.45) is 0 Å². The van der Waals surface area contributed by atoms with Gasteiger partial charge in [0.2, 0.25) is 0 Å². The lowest BCUT2D eigenvalue weighted by atomic mass is 10.2. The van der Waals surface area contributed by atoms with Crippen molar-refractivity contribution < 1.29 is 19.1 Å². The maximum absolute atomic E-state index is 12.0. The first-order chi connectivity index (χ1) is 12.1. The van der Waals surface area contributed by atoms with E-state index in [9.17, 15) is 9.59 Å². The van der Waals surface area contributed by atoms with Gasteiger partial charge in [-0.15, -0.1) is 0 Å². The van der Waals surface area contributed by atoms with Gasteiger partial charge in [-0.1, -0.05) is 12.1 Å². The molecule has 0 aromatic heterocycles. The number of benzene rings is 1. The number of nitrogens with zero attached hydrogens (tertiary/aromatic N) is 1. The van der Waals surface area contributed by atoms with Crippen molar-refractivity contribution in [2.75, 3.05) is 26.8 Å². The van der Waals surface area contributed by atoms with Crippen LogP contribution in [0.5, 0.6) is 5.75 Å². The number of nitrogens with one attached hydrogen (secondary N) is 3. The van der Waals surface area contributed by atoms with Crippen LogP contribution in [0.3, 0.4) is 0 Å². The molecule has 1 aromatic carbocycles. The van der Waals surface area contributed by atoms with Gasteiger partial charge >= 0.3 is 6.09 Å². The molecule has 3 N–H and O–H groups in total. The lowest BCUT2D eigenvalue weighted by molar-refractivity contribution is -0.117. The average Bonchev–Trinajstić information content (AvgIpc) is 2.63. The molecule has 1 rings (SSSR count). The number of hydrogen-bond acceptors (Lipinski definition) is 6. The number of ether oxygens (including phenoxy) is 2. The molecule has 0 radical (unpaired) electrons. The molecule has 0 atom stereocenters. The summed E-state index contributed by atoms with van der Waals surface area (Å²) in [5.41, 5.74) is 0.836. The highest BCUT2D eigenvalue weighted by atomic mass is 16.5. The fourth-order valence-electron chi connectivity index (χ4n) is 1.76. The van der Waals surface area contributed by atoms with E-state index in [4.69, 9.17) is 14.7 Å². The van der Waals surface area contributed by atoms with Crippen molar-refractivity contribution >= 4 is 12.0 Å². The highest BCUT2D eigenvalue weighted by Crippen LogP contribution is 2.11. The van der Waals surface area contributed by atoms with Gasteiger partial charge in [-0.3, -0.25) is 4.79 Å². The Bertz CT molecular complexity index is 635. The molecule has 0 aliphatic heterocycles. The molecule has 0 spiro atoms. The van der Waals surface area contributed by atoms with Gasteiger partial charge < -0.3 is 25.4 Å². The zero-order valence-electron chi connectivity index (χ0n) is 14.3. The Hall–Kier alpha value is -3.21. The number of carbonyl (C=O) groups excluding carboxylic acids is 2. The lowest BCUT2D eigenvalue weighted by Crippen LogP contribution is -2.31. The molecule has 0 heterocycles. The largest absolute Gasteiger partial charge is 0.497 e. The summed E-state index contributed by atoms with van der Waals surface area (Å²) < 4.78 is 9.76. The Labute approximate surface area is 146 Å². The van der Waals surface area contributed by atoms with Gasteiger partial charge in [0.25, 0.3) is 5.91 Å². The molecule has 0 bridgehead atoms. The first-order valence-corrected chi connectivity index (χ1v) is 7.76. The topological polar surface area (TPSA) is 112 Å². The molecule has 134 valence electrons. The summed E-state index contributed by atoms with van der Waals surface area (Å²) in [6.07, 6.45) is 0.807. The molecule has 0 unspecified atom stereocenters. The molecule has 1 aromatic rings. The van der Waals surface area contributed by atoms with E-state index < -0.39 is 12.0 Å². The average molecular weight is 346 g/mol. The van der Waals surface area contributed by atoms with Crippen LogP contribution in [-0.2, 0) is 16.1 Å². The van der Waals surface area contributed by atoms with Gasteiger partial charge in [-0.25, -0.2) is 4.79 Å². The van der Waals surface area contributed by atoms with E-state index in [1.54, 1.807) is 26.2 Å². The molecular weight excluding hydrogens is 324 g/mol. The van der Waals surface area contributed by atoms with E-state index in [0.29, 0.717) is 26.2 Å². The van der Waals surface area contributed by atoms with Crippen LogP contribution in [0, 0.1) is 11.3 Å². The minimum absolute atomic E-state index is 0.0513. The third kappa shape index (κ3) is 7.74. The van der Waals surface area contributed by atoms with Crippen molar-refractivity contribution in [3.05, 3.63) is 41.6 Å². The molecule has 25 heavy (non-hydrogen) atoms. The molecular formula is C17H22N4O4. The summed E-state index contributed by atoms with van der Waals surface area (Å²) in [6.45, 7) is 2.97. The van der Waals surface area contributed by atoms with Crippen LogP contribution in [0.4, 0.5) is 4.79 Å².